The van der Waals surface area contributed by atoms with Crippen LogP contribution in [0.1, 0.15) is 56.1 Å². The first kappa shape index (κ1) is 20.5. The van der Waals surface area contributed by atoms with Crippen LogP contribution in [0.3, 0.4) is 0 Å². The molecule has 2 atom stereocenters. The molecule has 1 heterocycles. The van der Waals surface area contributed by atoms with Crippen LogP contribution < -0.4 is 5.32 Å². The number of aryl methyl sites for hydroxylation is 2. The molecule has 0 saturated heterocycles. The van der Waals surface area contributed by atoms with Crippen molar-refractivity contribution in [1.82, 2.24) is 9.97 Å². The van der Waals surface area contributed by atoms with E-state index in [0.717, 1.165) is 28.7 Å². The number of benzene rings is 2. The van der Waals surface area contributed by atoms with Crippen molar-refractivity contribution < 1.29 is 9.72 Å². The Bertz CT molecular complexity index is 1330. The third-order valence-electron chi connectivity index (χ3n) is 8.23. The molecule has 1 N–H and O–H groups in total. The van der Waals surface area contributed by atoms with Gasteiger partial charge in [-0.2, -0.15) is 0 Å². The largest absolute Gasteiger partial charge is 0.319 e. The molecule has 2 unspecified atom stereocenters. The molecule has 1 aromatic heterocycles. The zero-order valence-corrected chi connectivity index (χ0v) is 18.9. The van der Waals surface area contributed by atoms with Crippen LogP contribution in [-0.4, -0.2) is 20.8 Å². The Hall–Kier alpha value is -3.35. The minimum atomic E-state index is -0.917. The molecule has 32 heavy (non-hydrogen) atoms. The molecule has 1 amide bonds. The van der Waals surface area contributed by atoms with Gasteiger partial charge in [-0.1, -0.05) is 39.0 Å². The van der Waals surface area contributed by atoms with Gasteiger partial charge in [-0.05, 0) is 55.4 Å². The van der Waals surface area contributed by atoms with Crippen molar-refractivity contribution in [3.63, 3.8) is 0 Å². The SMILES string of the molecule is Cc1cc(C)c(NC(=O)C23CCC(C)(c4nc5ccccc5nc42)C3(C)C)c([N+](=O)[O-])c1. The number of carbonyl (C=O) groups excluding carboxylic acids is 1. The van der Waals surface area contributed by atoms with E-state index in [2.05, 4.69) is 26.1 Å². The van der Waals surface area contributed by atoms with Gasteiger partial charge in [0.1, 0.15) is 5.69 Å². The number of anilines is 1. The molecule has 5 rings (SSSR count). The summed E-state index contributed by atoms with van der Waals surface area (Å²) in [6, 6.07) is 11.0. The second-order valence-corrected chi connectivity index (χ2v) is 9.96. The van der Waals surface area contributed by atoms with Crippen molar-refractivity contribution in [3.05, 3.63) is 69.0 Å². The Morgan fingerprint density at radius 3 is 2.28 bits per heavy atom. The van der Waals surface area contributed by atoms with E-state index in [-0.39, 0.29) is 22.7 Å². The Morgan fingerprint density at radius 1 is 1.03 bits per heavy atom. The van der Waals surface area contributed by atoms with E-state index in [0.29, 0.717) is 17.7 Å². The number of nitro benzene ring substituents is 1. The van der Waals surface area contributed by atoms with Gasteiger partial charge in [0.15, 0.2) is 0 Å². The summed E-state index contributed by atoms with van der Waals surface area (Å²) < 4.78 is 0. The Labute approximate surface area is 186 Å². The van der Waals surface area contributed by atoms with Crippen LogP contribution in [0.2, 0.25) is 0 Å². The second-order valence-electron chi connectivity index (χ2n) is 9.96. The number of nitrogens with zero attached hydrogens (tertiary/aromatic N) is 3. The summed E-state index contributed by atoms with van der Waals surface area (Å²) in [6.07, 6.45) is 1.43. The van der Waals surface area contributed by atoms with Crippen molar-refractivity contribution in [3.8, 4) is 0 Å². The highest BCUT2D eigenvalue weighted by atomic mass is 16.6. The summed E-state index contributed by atoms with van der Waals surface area (Å²) in [4.78, 5) is 35.3. The summed E-state index contributed by atoms with van der Waals surface area (Å²) in [6.45, 7) is 9.96. The van der Waals surface area contributed by atoms with Crippen LogP contribution in [0.25, 0.3) is 11.0 Å². The molecule has 0 spiro atoms. The van der Waals surface area contributed by atoms with Crippen LogP contribution in [0.5, 0.6) is 0 Å². The predicted molar refractivity (Wildman–Crippen MR) is 123 cm³/mol. The lowest BCUT2D eigenvalue weighted by Gasteiger charge is -2.39. The monoisotopic (exact) mass is 430 g/mol. The van der Waals surface area contributed by atoms with Crippen molar-refractivity contribution in [1.29, 1.82) is 0 Å². The molecule has 2 aromatic carbocycles. The van der Waals surface area contributed by atoms with E-state index in [1.807, 2.05) is 37.3 Å². The highest BCUT2D eigenvalue weighted by molar-refractivity contribution is 6.03. The molecule has 0 radical (unpaired) electrons. The fourth-order valence-electron chi connectivity index (χ4n) is 6.02. The Balaban J connectivity index is 1.70. The zero-order valence-electron chi connectivity index (χ0n) is 18.9. The fourth-order valence-corrected chi connectivity index (χ4v) is 6.02. The number of carbonyl (C=O) groups is 1. The summed E-state index contributed by atoms with van der Waals surface area (Å²) in [5, 5.41) is 14.7. The second kappa shape index (κ2) is 6.34. The standard InChI is InChI=1S/C25H26N4O3/c1-14-12-15(2)19(18(13-14)29(31)32)28-22(30)25-11-10-24(5,23(25,3)4)20-21(25)27-17-9-7-6-8-16(17)26-20/h6-9,12-13H,10-11H2,1-5H3,(H,28,30). The highest BCUT2D eigenvalue weighted by Gasteiger charge is 2.73. The van der Waals surface area contributed by atoms with E-state index in [4.69, 9.17) is 9.97 Å². The lowest BCUT2D eigenvalue weighted by Crippen LogP contribution is -2.48. The molecular weight excluding hydrogens is 404 g/mol. The Morgan fingerprint density at radius 2 is 1.66 bits per heavy atom. The van der Waals surface area contributed by atoms with Crippen molar-refractivity contribution in [2.75, 3.05) is 5.32 Å². The molecule has 2 aliphatic carbocycles. The number of nitro groups is 1. The molecule has 7 heteroatoms. The van der Waals surface area contributed by atoms with Gasteiger partial charge < -0.3 is 5.32 Å². The number of rotatable bonds is 3. The normalized spacial score (nSPS) is 25.0. The average molecular weight is 431 g/mol. The minimum Gasteiger partial charge on any atom is -0.319 e. The van der Waals surface area contributed by atoms with E-state index in [1.54, 1.807) is 6.92 Å². The number of fused-ring (bicyclic) bond motifs is 6. The number of hydrogen-bond donors (Lipinski definition) is 1. The van der Waals surface area contributed by atoms with Gasteiger partial charge in [-0.15, -0.1) is 0 Å². The van der Waals surface area contributed by atoms with E-state index in [1.165, 1.54) is 6.07 Å². The minimum absolute atomic E-state index is 0.0892. The summed E-state index contributed by atoms with van der Waals surface area (Å²) in [7, 11) is 0. The van der Waals surface area contributed by atoms with Crippen molar-refractivity contribution in [2.24, 2.45) is 5.41 Å². The van der Waals surface area contributed by atoms with Gasteiger partial charge in [0, 0.05) is 11.5 Å². The average Bonchev–Trinajstić information content (AvgIpc) is 3.03. The number of amides is 1. The quantitative estimate of drug-likeness (QED) is 0.459. The third-order valence-corrected chi connectivity index (χ3v) is 8.23. The lowest BCUT2D eigenvalue weighted by molar-refractivity contribution is -0.384. The Kier molecular flexibility index (Phi) is 4.07. The number of nitrogens with one attached hydrogen (secondary N) is 1. The summed E-state index contributed by atoms with van der Waals surface area (Å²) in [5.74, 6) is -0.246. The zero-order chi connectivity index (χ0) is 23.1. The van der Waals surface area contributed by atoms with Gasteiger partial charge in [-0.25, -0.2) is 9.97 Å². The van der Waals surface area contributed by atoms with E-state index in [9.17, 15) is 14.9 Å². The van der Waals surface area contributed by atoms with Crippen LogP contribution in [0.4, 0.5) is 11.4 Å². The first-order valence-corrected chi connectivity index (χ1v) is 10.9. The first-order valence-electron chi connectivity index (χ1n) is 10.9. The molecule has 1 saturated carbocycles. The summed E-state index contributed by atoms with van der Waals surface area (Å²) in [5.41, 5.74) is 3.07. The maximum absolute atomic E-state index is 14.1. The van der Waals surface area contributed by atoms with Crippen LogP contribution >= 0.6 is 0 Å². The first-order chi connectivity index (χ1) is 15.0. The lowest BCUT2D eigenvalue weighted by atomic mass is 9.63. The molecule has 3 aromatic rings. The molecule has 7 nitrogen and oxygen atoms in total. The highest BCUT2D eigenvalue weighted by Crippen LogP contribution is 2.70. The van der Waals surface area contributed by atoms with Gasteiger partial charge in [0.05, 0.1) is 32.8 Å². The number of aromatic nitrogens is 2. The molecule has 2 aliphatic rings. The maximum atomic E-state index is 14.1. The van der Waals surface area contributed by atoms with E-state index < -0.39 is 15.8 Å². The van der Waals surface area contributed by atoms with Gasteiger partial charge in [0.25, 0.3) is 5.69 Å². The molecule has 0 aliphatic heterocycles. The van der Waals surface area contributed by atoms with Crippen molar-refractivity contribution in [2.45, 2.75) is 58.3 Å². The molecule has 2 bridgehead atoms. The molecule has 164 valence electrons. The molecular formula is C25H26N4O3. The van der Waals surface area contributed by atoms with Crippen LogP contribution in [0.15, 0.2) is 36.4 Å². The van der Waals surface area contributed by atoms with Gasteiger partial charge >= 0.3 is 0 Å². The van der Waals surface area contributed by atoms with Gasteiger partial charge in [0.2, 0.25) is 5.91 Å². The van der Waals surface area contributed by atoms with Crippen LogP contribution in [0, 0.1) is 29.4 Å². The topological polar surface area (TPSA) is 98.0 Å². The number of hydrogen-bond acceptors (Lipinski definition) is 5. The molecule has 1 fully saturated rings. The van der Waals surface area contributed by atoms with Crippen LogP contribution in [-0.2, 0) is 15.6 Å². The number of para-hydroxylation sites is 2. The fraction of sp³-hybridized carbons (Fsp3) is 0.400. The smallest absolute Gasteiger partial charge is 0.293 e. The summed E-state index contributed by atoms with van der Waals surface area (Å²) >= 11 is 0. The van der Waals surface area contributed by atoms with E-state index >= 15 is 0 Å². The van der Waals surface area contributed by atoms with Crippen molar-refractivity contribution >= 4 is 28.3 Å². The maximum Gasteiger partial charge on any atom is 0.293 e. The van der Waals surface area contributed by atoms with Gasteiger partial charge in [-0.3, -0.25) is 14.9 Å². The predicted octanol–water partition coefficient (Wildman–Crippen LogP) is 5.12. The third kappa shape index (κ3) is 2.34.